The molecule has 0 radical (unpaired) electrons. The molecule has 0 amide bonds. The predicted octanol–water partition coefficient (Wildman–Crippen LogP) is 6.95. The Morgan fingerprint density at radius 3 is 1.89 bits per heavy atom. The number of anilines is 1. The number of hydrogen-bond acceptors (Lipinski definition) is 2. The quantitative estimate of drug-likeness (QED) is 0.270. The Morgan fingerprint density at radius 2 is 1.23 bits per heavy atom. The van der Waals surface area contributed by atoms with Gasteiger partial charge >= 0.3 is 0 Å². The Kier molecular flexibility index (Phi) is 5.08. The van der Waals surface area contributed by atoms with Gasteiger partial charge in [0.05, 0.1) is 33.7 Å². The number of aryl methyl sites for hydroxylation is 1. The minimum Gasteiger partial charge on any atom is -0.307 e. The van der Waals surface area contributed by atoms with Crippen LogP contribution < -0.4 is 4.31 Å². The molecule has 0 N–H and O–H groups in total. The molecule has 4 aromatic carbocycles. The van der Waals surface area contributed by atoms with Crippen molar-refractivity contribution in [3.8, 4) is 0 Å². The maximum Gasteiger partial charge on any atom is 0.264 e. The molecule has 172 valence electrons. The monoisotopic (exact) mass is 476 g/mol. The van der Waals surface area contributed by atoms with Gasteiger partial charge in [0.2, 0.25) is 0 Å². The highest BCUT2D eigenvalue weighted by molar-refractivity contribution is 7.92. The third kappa shape index (κ3) is 3.65. The van der Waals surface area contributed by atoms with E-state index in [4.69, 9.17) is 0 Å². The summed E-state index contributed by atoms with van der Waals surface area (Å²) in [7, 11) is -3.85. The fourth-order valence-electron chi connectivity index (χ4n) is 4.72. The molecule has 0 aliphatic rings. The Morgan fingerprint density at radius 1 is 0.657 bits per heavy atom. The molecule has 0 atom stereocenters. The van der Waals surface area contributed by atoms with Crippen molar-refractivity contribution < 1.29 is 8.42 Å². The van der Waals surface area contributed by atoms with Crippen molar-refractivity contribution in [2.24, 2.45) is 0 Å². The van der Waals surface area contributed by atoms with Crippen molar-refractivity contribution >= 4 is 43.0 Å². The molecular formula is C30H24N2O2S. The molecular weight excluding hydrogens is 452 g/mol. The highest BCUT2D eigenvalue weighted by Gasteiger charge is 2.28. The third-order valence-corrected chi connectivity index (χ3v) is 8.26. The van der Waals surface area contributed by atoms with Crippen LogP contribution in [-0.4, -0.2) is 12.8 Å². The van der Waals surface area contributed by atoms with E-state index in [0.717, 1.165) is 38.4 Å². The van der Waals surface area contributed by atoms with Gasteiger partial charge < -0.3 is 4.40 Å². The molecule has 5 heteroatoms. The van der Waals surface area contributed by atoms with Gasteiger partial charge in [0.25, 0.3) is 10.0 Å². The first kappa shape index (κ1) is 21.4. The van der Waals surface area contributed by atoms with Gasteiger partial charge in [-0.1, -0.05) is 84.4 Å². The van der Waals surface area contributed by atoms with Crippen molar-refractivity contribution in [2.45, 2.75) is 18.4 Å². The molecule has 0 bridgehead atoms. The van der Waals surface area contributed by atoms with Crippen LogP contribution in [0.3, 0.4) is 0 Å². The summed E-state index contributed by atoms with van der Waals surface area (Å²) in [6.45, 7) is 2.18. The number of nitrogens with zero attached hydrogens (tertiary/aromatic N) is 2. The Hall–Kier alpha value is -4.09. The SMILES string of the molecule is Cc1ccc(S(=O)(=O)N(Cc2ccccc2)c2cc3ccccc3n3c2cc2ccccc23)cc1. The van der Waals surface area contributed by atoms with Crippen molar-refractivity contribution in [2.75, 3.05) is 4.31 Å². The Bertz CT molecular complexity index is 1790. The van der Waals surface area contributed by atoms with Crippen LogP contribution >= 0.6 is 0 Å². The standard InChI is InChI=1S/C30H24N2O2S/c1-22-15-17-26(18-16-22)35(33,34)31(21-23-9-3-2-4-10-23)29-19-24-11-5-7-13-27(24)32-28-14-8-6-12-25(28)20-30(29)32/h2-20H,21H2,1H3. The summed E-state index contributed by atoms with van der Waals surface area (Å²) >= 11 is 0. The average Bonchev–Trinajstić information content (AvgIpc) is 3.28. The van der Waals surface area contributed by atoms with Gasteiger partial charge in [-0.15, -0.1) is 0 Å². The molecule has 4 nitrogen and oxygen atoms in total. The minimum absolute atomic E-state index is 0.229. The number of para-hydroxylation sites is 2. The summed E-state index contributed by atoms with van der Waals surface area (Å²) in [5.41, 5.74) is 5.55. The van der Waals surface area contributed by atoms with E-state index in [-0.39, 0.29) is 11.4 Å². The predicted molar refractivity (Wildman–Crippen MR) is 143 cm³/mol. The van der Waals surface area contributed by atoms with E-state index in [2.05, 4.69) is 28.7 Å². The largest absolute Gasteiger partial charge is 0.307 e. The van der Waals surface area contributed by atoms with Crippen molar-refractivity contribution in [1.82, 2.24) is 4.40 Å². The van der Waals surface area contributed by atoms with Crippen molar-refractivity contribution in [1.29, 1.82) is 0 Å². The van der Waals surface area contributed by atoms with Gasteiger partial charge in [-0.2, -0.15) is 0 Å². The number of hydrogen-bond donors (Lipinski definition) is 0. The van der Waals surface area contributed by atoms with E-state index in [0.29, 0.717) is 5.69 Å². The molecule has 2 heterocycles. The molecule has 0 aliphatic heterocycles. The average molecular weight is 477 g/mol. The molecule has 0 fully saturated rings. The highest BCUT2D eigenvalue weighted by Crippen LogP contribution is 2.36. The number of rotatable bonds is 5. The lowest BCUT2D eigenvalue weighted by atomic mass is 10.1. The molecule has 6 rings (SSSR count). The van der Waals surface area contributed by atoms with E-state index in [1.165, 1.54) is 0 Å². The molecule has 0 saturated carbocycles. The van der Waals surface area contributed by atoms with Crippen LogP contribution in [0.5, 0.6) is 0 Å². The first-order chi connectivity index (χ1) is 17.0. The first-order valence-corrected chi connectivity index (χ1v) is 13.0. The zero-order valence-corrected chi connectivity index (χ0v) is 20.1. The van der Waals surface area contributed by atoms with Crippen LogP contribution in [0.2, 0.25) is 0 Å². The minimum atomic E-state index is -3.85. The smallest absolute Gasteiger partial charge is 0.264 e. The van der Waals surface area contributed by atoms with Gasteiger partial charge in [-0.05, 0) is 48.9 Å². The first-order valence-electron chi connectivity index (χ1n) is 11.6. The lowest BCUT2D eigenvalue weighted by Crippen LogP contribution is -2.31. The number of aromatic nitrogens is 1. The molecule has 0 spiro atoms. The second-order valence-electron chi connectivity index (χ2n) is 8.82. The molecule has 0 unspecified atom stereocenters. The van der Waals surface area contributed by atoms with Crippen LogP contribution in [0.25, 0.3) is 27.3 Å². The molecule has 6 aromatic rings. The third-order valence-electron chi connectivity index (χ3n) is 6.49. The molecule has 2 aromatic heterocycles. The summed E-state index contributed by atoms with van der Waals surface area (Å²) in [6, 6.07) is 37.2. The topological polar surface area (TPSA) is 41.8 Å². The summed E-state index contributed by atoms with van der Waals surface area (Å²) in [5, 5.41) is 2.05. The van der Waals surface area contributed by atoms with Crippen LogP contribution in [0, 0.1) is 6.92 Å². The highest BCUT2D eigenvalue weighted by atomic mass is 32.2. The number of fused-ring (bicyclic) bond motifs is 5. The maximum absolute atomic E-state index is 14.2. The number of pyridine rings is 1. The van der Waals surface area contributed by atoms with E-state index in [1.807, 2.05) is 85.8 Å². The fraction of sp³-hybridized carbons (Fsp3) is 0.0667. The van der Waals surface area contributed by atoms with Gasteiger partial charge in [0.15, 0.2) is 0 Å². The van der Waals surface area contributed by atoms with Crippen LogP contribution in [0.4, 0.5) is 5.69 Å². The lowest BCUT2D eigenvalue weighted by molar-refractivity contribution is 0.590. The second-order valence-corrected chi connectivity index (χ2v) is 10.7. The summed E-state index contributed by atoms with van der Waals surface area (Å²) in [4.78, 5) is 0.279. The van der Waals surface area contributed by atoms with Crippen molar-refractivity contribution in [3.05, 3.63) is 126 Å². The van der Waals surface area contributed by atoms with Crippen LogP contribution in [0.15, 0.2) is 120 Å². The molecule has 0 saturated heterocycles. The summed E-state index contributed by atoms with van der Waals surface area (Å²) in [5.74, 6) is 0. The van der Waals surface area contributed by atoms with E-state index in [9.17, 15) is 8.42 Å². The van der Waals surface area contributed by atoms with Crippen LogP contribution in [0.1, 0.15) is 11.1 Å². The Labute approximate surface area is 204 Å². The second kappa shape index (κ2) is 8.29. The van der Waals surface area contributed by atoms with E-state index in [1.54, 1.807) is 16.4 Å². The van der Waals surface area contributed by atoms with Crippen LogP contribution in [-0.2, 0) is 16.6 Å². The Balaban J connectivity index is 1.68. The molecule has 0 aliphatic carbocycles. The zero-order valence-electron chi connectivity index (χ0n) is 19.3. The van der Waals surface area contributed by atoms with E-state index < -0.39 is 10.0 Å². The van der Waals surface area contributed by atoms with Crippen molar-refractivity contribution in [3.63, 3.8) is 0 Å². The number of benzene rings is 4. The van der Waals surface area contributed by atoms with Gasteiger partial charge in [0.1, 0.15) is 0 Å². The van der Waals surface area contributed by atoms with Gasteiger partial charge in [0, 0.05) is 10.8 Å². The lowest BCUT2D eigenvalue weighted by Gasteiger charge is -2.26. The fourth-order valence-corrected chi connectivity index (χ4v) is 6.18. The number of sulfonamides is 1. The molecule has 35 heavy (non-hydrogen) atoms. The van der Waals surface area contributed by atoms with E-state index >= 15 is 0 Å². The van der Waals surface area contributed by atoms with Gasteiger partial charge in [-0.25, -0.2) is 8.42 Å². The summed E-state index contributed by atoms with van der Waals surface area (Å²) < 4.78 is 32.0. The normalized spacial score (nSPS) is 11.9. The van der Waals surface area contributed by atoms with Gasteiger partial charge in [-0.3, -0.25) is 4.31 Å². The zero-order chi connectivity index (χ0) is 24.0. The maximum atomic E-state index is 14.2. The summed E-state index contributed by atoms with van der Waals surface area (Å²) in [6.07, 6.45) is 0.